The summed E-state index contributed by atoms with van der Waals surface area (Å²) in [5.41, 5.74) is 1.95. The van der Waals surface area contributed by atoms with Gasteiger partial charge < -0.3 is 0 Å². The Balaban J connectivity index is 3.12. The molecule has 1 aromatic carbocycles. The lowest BCUT2D eigenvalue weighted by atomic mass is 10.1. The SMILES string of the molecule is C=Cc1cc(CCC)cc([N+](=O)[O-])c1. The molecule has 0 spiro atoms. The normalized spacial score (nSPS) is 9.79. The van der Waals surface area contributed by atoms with Crippen LogP contribution in [0.3, 0.4) is 0 Å². The minimum absolute atomic E-state index is 0.144. The third kappa shape index (κ3) is 2.42. The molecule has 74 valence electrons. The largest absolute Gasteiger partial charge is 0.270 e. The maximum Gasteiger partial charge on any atom is 0.270 e. The zero-order chi connectivity index (χ0) is 10.6. The number of nitro benzene ring substituents is 1. The van der Waals surface area contributed by atoms with Gasteiger partial charge in [-0.1, -0.05) is 32.1 Å². The van der Waals surface area contributed by atoms with E-state index in [0.717, 1.165) is 24.0 Å². The molecule has 1 aromatic rings. The zero-order valence-electron chi connectivity index (χ0n) is 8.19. The van der Waals surface area contributed by atoms with Crippen LogP contribution in [-0.2, 0) is 6.42 Å². The molecule has 14 heavy (non-hydrogen) atoms. The van der Waals surface area contributed by atoms with Gasteiger partial charge in [0.1, 0.15) is 0 Å². The van der Waals surface area contributed by atoms with Crippen LogP contribution in [0.25, 0.3) is 6.08 Å². The standard InChI is InChI=1S/C11H13NO2/c1-3-5-10-6-9(4-2)7-11(8-10)12(13)14/h4,6-8H,2-3,5H2,1H3. The molecular weight excluding hydrogens is 178 g/mol. The third-order valence-electron chi connectivity index (χ3n) is 1.99. The molecule has 1 rings (SSSR count). The Kier molecular flexibility index (Phi) is 3.40. The fraction of sp³-hybridized carbons (Fsp3) is 0.273. The van der Waals surface area contributed by atoms with Gasteiger partial charge in [0.05, 0.1) is 4.92 Å². The van der Waals surface area contributed by atoms with Crippen LogP contribution in [0, 0.1) is 10.1 Å². The molecule has 0 fully saturated rings. The van der Waals surface area contributed by atoms with E-state index in [1.165, 1.54) is 6.07 Å². The number of benzene rings is 1. The van der Waals surface area contributed by atoms with Crippen molar-refractivity contribution in [2.24, 2.45) is 0 Å². The van der Waals surface area contributed by atoms with Crippen molar-refractivity contribution in [1.82, 2.24) is 0 Å². The third-order valence-corrected chi connectivity index (χ3v) is 1.99. The molecule has 0 saturated heterocycles. The van der Waals surface area contributed by atoms with E-state index in [1.54, 1.807) is 12.1 Å². The van der Waals surface area contributed by atoms with Gasteiger partial charge in [-0.15, -0.1) is 0 Å². The second-order valence-electron chi connectivity index (χ2n) is 3.14. The summed E-state index contributed by atoms with van der Waals surface area (Å²) in [7, 11) is 0. The monoisotopic (exact) mass is 191 g/mol. The second-order valence-corrected chi connectivity index (χ2v) is 3.14. The molecule has 0 unspecified atom stereocenters. The quantitative estimate of drug-likeness (QED) is 0.541. The lowest BCUT2D eigenvalue weighted by Crippen LogP contribution is -1.92. The van der Waals surface area contributed by atoms with E-state index in [9.17, 15) is 10.1 Å². The molecule has 0 aliphatic carbocycles. The van der Waals surface area contributed by atoms with Crippen molar-refractivity contribution < 1.29 is 4.92 Å². The van der Waals surface area contributed by atoms with Crippen LogP contribution in [0.2, 0.25) is 0 Å². The second kappa shape index (κ2) is 4.56. The van der Waals surface area contributed by atoms with Gasteiger partial charge in [0.2, 0.25) is 0 Å². The van der Waals surface area contributed by atoms with E-state index in [2.05, 4.69) is 6.58 Å². The lowest BCUT2D eigenvalue weighted by Gasteiger charge is -2.01. The molecule has 0 bridgehead atoms. The van der Waals surface area contributed by atoms with Gasteiger partial charge in [-0.2, -0.15) is 0 Å². The summed E-state index contributed by atoms with van der Waals surface area (Å²) in [6.45, 7) is 5.66. The Bertz CT molecular complexity index is 358. The van der Waals surface area contributed by atoms with E-state index in [4.69, 9.17) is 0 Å². The number of hydrogen-bond acceptors (Lipinski definition) is 2. The summed E-state index contributed by atoms with van der Waals surface area (Å²) in [4.78, 5) is 10.2. The highest BCUT2D eigenvalue weighted by Gasteiger charge is 2.07. The minimum Gasteiger partial charge on any atom is -0.258 e. The van der Waals surface area contributed by atoms with Gasteiger partial charge in [0.15, 0.2) is 0 Å². The molecule has 0 aliphatic rings. The van der Waals surface area contributed by atoms with E-state index in [-0.39, 0.29) is 10.6 Å². The van der Waals surface area contributed by atoms with Crippen molar-refractivity contribution in [2.75, 3.05) is 0 Å². The van der Waals surface area contributed by atoms with Crippen LogP contribution in [-0.4, -0.2) is 4.92 Å². The Morgan fingerprint density at radius 2 is 2.21 bits per heavy atom. The molecule has 0 aromatic heterocycles. The first kappa shape index (κ1) is 10.4. The van der Waals surface area contributed by atoms with E-state index in [1.807, 2.05) is 13.0 Å². The van der Waals surface area contributed by atoms with Crippen LogP contribution >= 0.6 is 0 Å². The lowest BCUT2D eigenvalue weighted by molar-refractivity contribution is -0.384. The van der Waals surface area contributed by atoms with E-state index >= 15 is 0 Å². The van der Waals surface area contributed by atoms with Gasteiger partial charge in [0.25, 0.3) is 5.69 Å². The molecule has 0 aliphatic heterocycles. The fourth-order valence-electron chi connectivity index (χ4n) is 1.36. The van der Waals surface area contributed by atoms with Crippen molar-refractivity contribution in [1.29, 1.82) is 0 Å². The maximum atomic E-state index is 10.6. The highest BCUT2D eigenvalue weighted by molar-refractivity contribution is 5.53. The molecule has 0 radical (unpaired) electrons. The average molecular weight is 191 g/mol. The molecule has 3 heteroatoms. The van der Waals surface area contributed by atoms with Crippen LogP contribution in [0.15, 0.2) is 24.8 Å². The predicted molar refractivity (Wildman–Crippen MR) is 57.2 cm³/mol. The molecule has 0 heterocycles. The van der Waals surface area contributed by atoms with E-state index < -0.39 is 0 Å². The van der Waals surface area contributed by atoms with Crippen LogP contribution in [0.1, 0.15) is 24.5 Å². The summed E-state index contributed by atoms with van der Waals surface area (Å²) in [5.74, 6) is 0. The summed E-state index contributed by atoms with van der Waals surface area (Å²) < 4.78 is 0. The van der Waals surface area contributed by atoms with Crippen molar-refractivity contribution >= 4 is 11.8 Å². The maximum absolute atomic E-state index is 10.6. The number of nitrogens with zero attached hydrogens (tertiary/aromatic N) is 1. The fourth-order valence-corrected chi connectivity index (χ4v) is 1.36. The first-order valence-electron chi connectivity index (χ1n) is 4.58. The first-order valence-corrected chi connectivity index (χ1v) is 4.58. The van der Waals surface area contributed by atoms with Crippen LogP contribution in [0.5, 0.6) is 0 Å². The molecule has 0 saturated carbocycles. The van der Waals surface area contributed by atoms with Gasteiger partial charge in [-0.05, 0) is 17.5 Å². The van der Waals surface area contributed by atoms with E-state index in [0.29, 0.717) is 0 Å². The number of nitro groups is 1. The van der Waals surface area contributed by atoms with Crippen molar-refractivity contribution in [3.05, 3.63) is 46.0 Å². The van der Waals surface area contributed by atoms with Gasteiger partial charge in [-0.3, -0.25) is 10.1 Å². The summed E-state index contributed by atoms with van der Waals surface area (Å²) in [5, 5.41) is 10.6. The zero-order valence-corrected chi connectivity index (χ0v) is 8.19. The number of hydrogen-bond donors (Lipinski definition) is 0. The minimum atomic E-state index is -0.369. The Morgan fingerprint density at radius 1 is 1.50 bits per heavy atom. The van der Waals surface area contributed by atoms with Crippen molar-refractivity contribution in [3.8, 4) is 0 Å². The molecule has 3 nitrogen and oxygen atoms in total. The molecular formula is C11H13NO2. The summed E-state index contributed by atoms with van der Waals surface area (Å²) >= 11 is 0. The average Bonchev–Trinajstić information content (AvgIpc) is 2.17. The van der Waals surface area contributed by atoms with Crippen molar-refractivity contribution in [2.45, 2.75) is 19.8 Å². The van der Waals surface area contributed by atoms with Gasteiger partial charge >= 0.3 is 0 Å². The molecule has 0 N–H and O–H groups in total. The number of aryl methyl sites for hydroxylation is 1. The number of non-ortho nitro benzene ring substituents is 1. The summed E-state index contributed by atoms with van der Waals surface area (Å²) in [6, 6.07) is 5.09. The molecule has 0 atom stereocenters. The Morgan fingerprint density at radius 3 is 2.71 bits per heavy atom. The van der Waals surface area contributed by atoms with Crippen molar-refractivity contribution in [3.63, 3.8) is 0 Å². The van der Waals surface area contributed by atoms with Crippen LogP contribution in [0.4, 0.5) is 5.69 Å². The van der Waals surface area contributed by atoms with Crippen LogP contribution < -0.4 is 0 Å². The van der Waals surface area contributed by atoms with Gasteiger partial charge in [0, 0.05) is 12.1 Å². The highest BCUT2D eigenvalue weighted by atomic mass is 16.6. The Hall–Kier alpha value is -1.64. The molecule has 0 amide bonds. The number of rotatable bonds is 4. The smallest absolute Gasteiger partial charge is 0.258 e. The topological polar surface area (TPSA) is 43.1 Å². The Labute approximate surface area is 83.2 Å². The van der Waals surface area contributed by atoms with Gasteiger partial charge in [-0.25, -0.2) is 0 Å². The summed E-state index contributed by atoms with van der Waals surface area (Å²) in [6.07, 6.45) is 3.48. The highest BCUT2D eigenvalue weighted by Crippen LogP contribution is 2.18. The first-order chi connectivity index (χ1) is 6.67. The predicted octanol–water partition coefficient (Wildman–Crippen LogP) is 3.19.